The van der Waals surface area contributed by atoms with E-state index in [1.165, 1.54) is 0 Å². The van der Waals surface area contributed by atoms with E-state index in [9.17, 15) is 9.59 Å². The Hall–Kier alpha value is -2.76. The van der Waals surface area contributed by atoms with Crippen LogP contribution in [0.4, 0.5) is 4.79 Å². The number of benzene rings is 1. The van der Waals surface area contributed by atoms with Crippen LogP contribution >= 0.6 is 0 Å². The van der Waals surface area contributed by atoms with Crippen LogP contribution in [0.1, 0.15) is 37.1 Å². The van der Waals surface area contributed by atoms with Crippen molar-refractivity contribution in [3.8, 4) is 0 Å². The number of hydrogen-bond acceptors (Lipinski definition) is 4. The van der Waals surface area contributed by atoms with Crippen molar-refractivity contribution in [3.05, 3.63) is 60.1 Å². The number of furan rings is 1. The van der Waals surface area contributed by atoms with Crippen LogP contribution in [0, 0.1) is 0 Å². The van der Waals surface area contributed by atoms with Gasteiger partial charge in [0, 0.05) is 6.04 Å². The quantitative estimate of drug-likeness (QED) is 0.838. The molecule has 1 saturated carbocycles. The summed E-state index contributed by atoms with van der Waals surface area (Å²) in [6.07, 6.45) is 2.96. The summed E-state index contributed by atoms with van der Waals surface area (Å²) in [6.45, 7) is 2.02. The van der Waals surface area contributed by atoms with Gasteiger partial charge in [-0.15, -0.1) is 0 Å². The van der Waals surface area contributed by atoms with E-state index >= 15 is 0 Å². The van der Waals surface area contributed by atoms with Crippen LogP contribution in [-0.2, 0) is 16.1 Å². The molecular weight excluding hydrogens is 320 g/mol. The Morgan fingerprint density at radius 2 is 2.00 bits per heavy atom. The molecule has 6 nitrogen and oxygen atoms in total. The number of nitrogens with one attached hydrogen (secondary N) is 1. The molecule has 6 heteroatoms. The molecule has 0 aliphatic heterocycles. The van der Waals surface area contributed by atoms with Crippen molar-refractivity contribution in [2.24, 2.45) is 0 Å². The monoisotopic (exact) mass is 342 g/mol. The summed E-state index contributed by atoms with van der Waals surface area (Å²) >= 11 is 0. The second-order valence-corrected chi connectivity index (χ2v) is 6.14. The number of rotatable bonds is 7. The summed E-state index contributed by atoms with van der Waals surface area (Å²) in [5.41, 5.74) is 0.898. The molecule has 3 rings (SSSR count). The number of amides is 2. The van der Waals surface area contributed by atoms with Crippen LogP contribution in [0.2, 0.25) is 0 Å². The first kappa shape index (κ1) is 17.1. The van der Waals surface area contributed by atoms with Crippen molar-refractivity contribution in [1.29, 1.82) is 0 Å². The second kappa shape index (κ2) is 7.88. The highest BCUT2D eigenvalue weighted by Gasteiger charge is 2.37. The third-order valence-electron chi connectivity index (χ3n) is 4.20. The molecule has 1 aliphatic rings. The van der Waals surface area contributed by atoms with Crippen molar-refractivity contribution in [2.75, 3.05) is 6.54 Å². The van der Waals surface area contributed by atoms with Crippen LogP contribution in [0.5, 0.6) is 0 Å². The van der Waals surface area contributed by atoms with Gasteiger partial charge >= 0.3 is 6.09 Å². The maximum absolute atomic E-state index is 12.6. The molecule has 1 aliphatic carbocycles. The van der Waals surface area contributed by atoms with Crippen molar-refractivity contribution >= 4 is 12.0 Å². The van der Waals surface area contributed by atoms with Gasteiger partial charge in [0.2, 0.25) is 5.91 Å². The molecule has 25 heavy (non-hydrogen) atoms. The molecule has 1 aromatic carbocycles. The average Bonchev–Trinajstić information content (AvgIpc) is 3.30. The van der Waals surface area contributed by atoms with Gasteiger partial charge in [-0.25, -0.2) is 4.79 Å². The normalized spacial score (nSPS) is 14.6. The van der Waals surface area contributed by atoms with E-state index < -0.39 is 6.09 Å². The van der Waals surface area contributed by atoms with Gasteiger partial charge in [0.1, 0.15) is 18.9 Å². The zero-order valence-corrected chi connectivity index (χ0v) is 14.2. The van der Waals surface area contributed by atoms with E-state index in [2.05, 4.69) is 5.32 Å². The molecule has 0 radical (unpaired) electrons. The molecule has 0 spiro atoms. The zero-order chi connectivity index (χ0) is 17.6. The maximum atomic E-state index is 12.6. The van der Waals surface area contributed by atoms with Crippen molar-refractivity contribution in [1.82, 2.24) is 10.2 Å². The van der Waals surface area contributed by atoms with E-state index in [0.717, 1.165) is 24.2 Å². The standard InChI is InChI=1S/C19H22N2O4/c1-14(17-8-5-11-24-17)21(16-9-10-16)18(22)12-20-19(23)25-13-15-6-3-2-4-7-15/h2-8,11,14,16H,9-10,12-13H2,1H3,(H,20,23)/t14-/m0/s1. The van der Waals surface area contributed by atoms with Gasteiger partial charge in [-0.05, 0) is 37.5 Å². The van der Waals surface area contributed by atoms with Crippen LogP contribution in [-0.4, -0.2) is 29.5 Å². The lowest BCUT2D eigenvalue weighted by atomic mass is 10.2. The van der Waals surface area contributed by atoms with E-state index in [1.807, 2.05) is 43.3 Å². The highest BCUT2D eigenvalue weighted by atomic mass is 16.5. The molecule has 2 aromatic rings. The minimum Gasteiger partial charge on any atom is -0.467 e. The third-order valence-corrected chi connectivity index (χ3v) is 4.20. The lowest BCUT2D eigenvalue weighted by Crippen LogP contribution is -2.42. The first-order chi connectivity index (χ1) is 12.1. The topological polar surface area (TPSA) is 71.8 Å². The summed E-state index contributed by atoms with van der Waals surface area (Å²) in [7, 11) is 0. The van der Waals surface area contributed by atoms with Crippen molar-refractivity contribution < 1.29 is 18.7 Å². The number of ether oxygens (including phenoxy) is 1. The molecule has 2 amide bonds. The van der Waals surface area contributed by atoms with E-state index in [-0.39, 0.29) is 31.1 Å². The van der Waals surface area contributed by atoms with E-state index in [1.54, 1.807) is 17.2 Å². The molecule has 132 valence electrons. The van der Waals surface area contributed by atoms with Gasteiger partial charge < -0.3 is 19.4 Å². The second-order valence-electron chi connectivity index (χ2n) is 6.14. The highest BCUT2D eigenvalue weighted by molar-refractivity contribution is 5.83. The Balaban J connectivity index is 1.49. The van der Waals surface area contributed by atoms with Gasteiger partial charge in [-0.2, -0.15) is 0 Å². The molecule has 1 atom stereocenters. The number of hydrogen-bond donors (Lipinski definition) is 1. The third kappa shape index (κ3) is 4.62. The Kier molecular flexibility index (Phi) is 5.38. The van der Waals surface area contributed by atoms with Crippen LogP contribution in [0.3, 0.4) is 0 Å². The van der Waals surface area contributed by atoms with Gasteiger partial charge in [0.25, 0.3) is 0 Å². The Morgan fingerprint density at radius 1 is 1.24 bits per heavy atom. The first-order valence-corrected chi connectivity index (χ1v) is 8.44. The molecule has 0 bridgehead atoms. The molecule has 1 aromatic heterocycles. The zero-order valence-electron chi connectivity index (χ0n) is 14.2. The number of alkyl carbamates (subject to hydrolysis) is 1. The average molecular weight is 342 g/mol. The van der Waals surface area contributed by atoms with Gasteiger partial charge in [0.15, 0.2) is 0 Å². The largest absolute Gasteiger partial charge is 0.467 e. The maximum Gasteiger partial charge on any atom is 0.407 e. The fourth-order valence-corrected chi connectivity index (χ4v) is 2.77. The molecule has 0 saturated heterocycles. The molecule has 1 fully saturated rings. The first-order valence-electron chi connectivity index (χ1n) is 8.44. The minimum absolute atomic E-state index is 0.0881. The van der Waals surface area contributed by atoms with Crippen LogP contribution < -0.4 is 5.32 Å². The predicted molar refractivity (Wildman–Crippen MR) is 91.6 cm³/mol. The number of carbonyl (C=O) groups excluding carboxylic acids is 2. The Morgan fingerprint density at radius 3 is 2.64 bits per heavy atom. The smallest absolute Gasteiger partial charge is 0.407 e. The number of carbonyl (C=O) groups is 2. The fraction of sp³-hybridized carbons (Fsp3) is 0.368. The molecule has 0 unspecified atom stereocenters. The molecular formula is C19H22N2O4. The fourth-order valence-electron chi connectivity index (χ4n) is 2.77. The van der Waals surface area contributed by atoms with Crippen LogP contribution in [0.15, 0.2) is 53.1 Å². The lowest BCUT2D eigenvalue weighted by molar-refractivity contribution is -0.133. The van der Waals surface area contributed by atoms with Gasteiger partial charge in [-0.1, -0.05) is 30.3 Å². The Bertz CT molecular complexity index is 695. The van der Waals surface area contributed by atoms with Crippen molar-refractivity contribution in [2.45, 2.75) is 38.5 Å². The summed E-state index contributed by atoms with van der Waals surface area (Å²) in [5.74, 6) is 0.606. The summed E-state index contributed by atoms with van der Waals surface area (Å²) in [4.78, 5) is 26.1. The summed E-state index contributed by atoms with van der Waals surface area (Å²) in [6, 6.07) is 13.1. The van der Waals surface area contributed by atoms with E-state index in [4.69, 9.17) is 9.15 Å². The highest BCUT2D eigenvalue weighted by Crippen LogP contribution is 2.34. The molecule has 1 heterocycles. The van der Waals surface area contributed by atoms with Crippen LogP contribution in [0.25, 0.3) is 0 Å². The van der Waals surface area contributed by atoms with E-state index in [0.29, 0.717) is 0 Å². The number of nitrogens with zero attached hydrogens (tertiary/aromatic N) is 1. The minimum atomic E-state index is -0.599. The SMILES string of the molecule is C[C@@H](c1ccco1)N(C(=O)CNC(=O)OCc1ccccc1)C1CC1. The summed E-state index contributed by atoms with van der Waals surface area (Å²) < 4.78 is 10.5. The van der Waals surface area contributed by atoms with Crippen molar-refractivity contribution in [3.63, 3.8) is 0 Å². The van der Waals surface area contributed by atoms with Gasteiger partial charge in [-0.3, -0.25) is 4.79 Å². The van der Waals surface area contributed by atoms with Gasteiger partial charge in [0.05, 0.1) is 12.3 Å². The lowest BCUT2D eigenvalue weighted by Gasteiger charge is -2.28. The Labute approximate surface area is 146 Å². The summed E-state index contributed by atoms with van der Waals surface area (Å²) in [5, 5.41) is 2.53. The molecule has 1 N–H and O–H groups in total. The predicted octanol–water partition coefficient (Wildman–Crippen LogP) is 3.26.